The molecule has 0 heterocycles. The zero-order chi connectivity index (χ0) is 30.1. The van der Waals surface area contributed by atoms with Crippen LogP contribution in [-0.2, 0) is 23.7 Å². The van der Waals surface area contributed by atoms with Gasteiger partial charge in [0.1, 0.15) is 12.1 Å². The molecule has 0 bridgehead atoms. The lowest BCUT2D eigenvalue weighted by molar-refractivity contribution is -0.139. The van der Waals surface area contributed by atoms with E-state index < -0.39 is 48.4 Å². The Kier molecular flexibility index (Phi) is 12.0. The number of benzene rings is 1. The standard InChI is InChI=1S/C27H41NO11/c1-15(16(2)37-23(31)34-9)20(21(28)22(29)30)17-10-11-18(38-24(32)35-13-26(3,4)5)19(12-17)39-25(33)36-14-27(6,7)8/h10-12,15-16,20-21H,13-14,28H2,1-9H3,(H,29,30)/t15?,16?,20?,21-/m0/s1. The van der Waals surface area contributed by atoms with Crippen LogP contribution in [0.3, 0.4) is 0 Å². The zero-order valence-electron chi connectivity index (χ0n) is 24.1. The number of carbonyl (C=O) groups is 4. The van der Waals surface area contributed by atoms with Gasteiger partial charge in [-0.1, -0.05) is 54.5 Å². The molecule has 0 aromatic heterocycles. The van der Waals surface area contributed by atoms with Crippen molar-refractivity contribution < 1.29 is 52.7 Å². The molecular weight excluding hydrogens is 514 g/mol. The summed E-state index contributed by atoms with van der Waals surface area (Å²) in [5, 5.41) is 9.68. The second-order valence-electron chi connectivity index (χ2n) is 11.6. The van der Waals surface area contributed by atoms with Crippen molar-refractivity contribution in [3.63, 3.8) is 0 Å². The number of carboxylic acid groups (broad SMARTS) is 1. The average molecular weight is 556 g/mol. The first-order chi connectivity index (χ1) is 17.8. The maximum Gasteiger partial charge on any atom is 0.513 e. The first-order valence-corrected chi connectivity index (χ1v) is 12.4. The van der Waals surface area contributed by atoms with Gasteiger partial charge in [0.05, 0.1) is 20.3 Å². The molecule has 0 amide bonds. The van der Waals surface area contributed by atoms with E-state index in [4.69, 9.17) is 29.4 Å². The van der Waals surface area contributed by atoms with Gasteiger partial charge in [-0.25, -0.2) is 14.4 Å². The van der Waals surface area contributed by atoms with Crippen molar-refractivity contribution >= 4 is 24.4 Å². The molecule has 39 heavy (non-hydrogen) atoms. The second-order valence-corrected chi connectivity index (χ2v) is 11.6. The third-order valence-electron chi connectivity index (χ3n) is 5.41. The van der Waals surface area contributed by atoms with Crippen LogP contribution in [0.1, 0.15) is 66.9 Å². The molecule has 1 rings (SSSR count). The molecule has 220 valence electrons. The van der Waals surface area contributed by atoms with Crippen LogP contribution in [0.15, 0.2) is 18.2 Å². The van der Waals surface area contributed by atoms with Crippen LogP contribution in [0, 0.1) is 16.7 Å². The van der Waals surface area contributed by atoms with Crippen molar-refractivity contribution in [2.45, 2.75) is 73.5 Å². The number of ether oxygens (including phenoxy) is 6. The fourth-order valence-corrected chi connectivity index (χ4v) is 3.28. The fraction of sp³-hybridized carbons (Fsp3) is 0.630. The Morgan fingerprint density at radius 3 is 1.77 bits per heavy atom. The molecule has 12 heteroatoms. The van der Waals surface area contributed by atoms with Crippen LogP contribution in [-0.4, -0.2) is 62.0 Å². The average Bonchev–Trinajstić information content (AvgIpc) is 2.81. The maximum atomic E-state index is 12.5. The minimum Gasteiger partial charge on any atom is -0.480 e. The van der Waals surface area contributed by atoms with Gasteiger partial charge >= 0.3 is 24.4 Å². The van der Waals surface area contributed by atoms with Crippen molar-refractivity contribution in [1.29, 1.82) is 0 Å². The second kappa shape index (κ2) is 14.0. The van der Waals surface area contributed by atoms with E-state index in [1.807, 2.05) is 41.5 Å². The number of hydrogen-bond donors (Lipinski definition) is 2. The van der Waals surface area contributed by atoms with Crippen molar-refractivity contribution in [3.05, 3.63) is 23.8 Å². The van der Waals surface area contributed by atoms with E-state index in [-0.39, 0.29) is 35.5 Å². The van der Waals surface area contributed by atoms with Gasteiger partial charge in [0.25, 0.3) is 0 Å². The molecule has 0 radical (unpaired) electrons. The Labute approximate surface area is 229 Å². The highest BCUT2D eigenvalue weighted by atomic mass is 16.7. The Balaban J connectivity index is 3.44. The van der Waals surface area contributed by atoms with Crippen LogP contribution in [0.5, 0.6) is 11.5 Å². The number of carboxylic acids is 1. The summed E-state index contributed by atoms with van der Waals surface area (Å²) in [5.74, 6) is -3.28. The van der Waals surface area contributed by atoms with E-state index in [1.165, 1.54) is 18.2 Å². The molecule has 0 fully saturated rings. The van der Waals surface area contributed by atoms with E-state index in [1.54, 1.807) is 13.8 Å². The van der Waals surface area contributed by atoms with Crippen molar-refractivity contribution in [3.8, 4) is 11.5 Å². The number of nitrogens with two attached hydrogens (primary N) is 1. The van der Waals surface area contributed by atoms with E-state index in [0.717, 1.165) is 7.11 Å². The molecule has 3 N–H and O–H groups in total. The third kappa shape index (κ3) is 11.8. The molecule has 1 aromatic carbocycles. The lowest BCUT2D eigenvalue weighted by Gasteiger charge is -2.31. The number of rotatable bonds is 10. The van der Waals surface area contributed by atoms with Crippen LogP contribution in [0.4, 0.5) is 14.4 Å². The van der Waals surface area contributed by atoms with Crippen LogP contribution >= 0.6 is 0 Å². The largest absolute Gasteiger partial charge is 0.513 e. The van der Waals surface area contributed by atoms with E-state index >= 15 is 0 Å². The first kappa shape index (κ1) is 33.5. The van der Waals surface area contributed by atoms with Gasteiger partial charge in [0, 0.05) is 11.8 Å². The summed E-state index contributed by atoms with van der Waals surface area (Å²) >= 11 is 0. The monoisotopic (exact) mass is 555 g/mol. The quantitative estimate of drug-likeness (QED) is 0.222. The molecule has 0 aliphatic carbocycles. The van der Waals surface area contributed by atoms with Crippen LogP contribution in [0.2, 0.25) is 0 Å². The molecule has 0 spiro atoms. The molecule has 4 atom stereocenters. The van der Waals surface area contributed by atoms with Gasteiger partial charge in [0.2, 0.25) is 0 Å². The Morgan fingerprint density at radius 1 is 0.846 bits per heavy atom. The summed E-state index contributed by atoms with van der Waals surface area (Å²) in [6.07, 6.45) is -3.85. The third-order valence-corrected chi connectivity index (χ3v) is 5.41. The van der Waals surface area contributed by atoms with Crippen molar-refractivity contribution in [2.75, 3.05) is 20.3 Å². The summed E-state index contributed by atoms with van der Waals surface area (Å²) in [6.45, 7) is 14.5. The Hall–Kier alpha value is -3.54. The number of carbonyl (C=O) groups excluding carboxylic acids is 3. The molecule has 0 saturated carbocycles. The molecule has 0 aliphatic heterocycles. The van der Waals surface area contributed by atoms with Gasteiger partial charge in [-0.3, -0.25) is 4.79 Å². The highest BCUT2D eigenvalue weighted by molar-refractivity contribution is 5.75. The van der Waals surface area contributed by atoms with Gasteiger partial charge in [-0.15, -0.1) is 0 Å². The smallest absolute Gasteiger partial charge is 0.480 e. The summed E-state index contributed by atoms with van der Waals surface area (Å²) in [7, 11) is 1.15. The molecule has 0 aliphatic rings. The molecule has 3 unspecified atom stereocenters. The predicted octanol–water partition coefficient (Wildman–Crippen LogP) is 5.11. The van der Waals surface area contributed by atoms with E-state index in [2.05, 4.69) is 4.74 Å². The lowest BCUT2D eigenvalue weighted by atomic mass is 9.79. The Bertz CT molecular complexity index is 1010. The highest BCUT2D eigenvalue weighted by Crippen LogP contribution is 2.37. The highest BCUT2D eigenvalue weighted by Gasteiger charge is 2.36. The summed E-state index contributed by atoms with van der Waals surface area (Å²) in [5.41, 5.74) is 5.68. The number of hydrogen-bond acceptors (Lipinski definition) is 11. The van der Waals surface area contributed by atoms with Gasteiger partial charge in [0.15, 0.2) is 11.5 Å². The zero-order valence-corrected chi connectivity index (χ0v) is 24.1. The fourth-order valence-electron chi connectivity index (χ4n) is 3.28. The summed E-state index contributed by atoms with van der Waals surface area (Å²) < 4.78 is 30.6. The van der Waals surface area contributed by atoms with Crippen molar-refractivity contribution in [2.24, 2.45) is 22.5 Å². The van der Waals surface area contributed by atoms with E-state index in [9.17, 15) is 24.3 Å². The van der Waals surface area contributed by atoms with Gasteiger partial charge in [-0.2, -0.15) is 0 Å². The SMILES string of the molecule is COC(=O)OC(C)C(C)C(c1ccc(OC(=O)OCC(C)(C)C)c(OC(=O)OCC(C)(C)C)c1)[C@H](N)C(=O)O. The predicted molar refractivity (Wildman–Crippen MR) is 140 cm³/mol. The summed E-state index contributed by atoms with van der Waals surface area (Å²) in [6, 6.07) is 2.67. The number of aliphatic carboxylic acids is 1. The van der Waals surface area contributed by atoms with Gasteiger partial charge in [-0.05, 0) is 35.4 Å². The minimum atomic E-state index is -1.44. The van der Waals surface area contributed by atoms with Gasteiger partial charge < -0.3 is 39.3 Å². The minimum absolute atomic E-state index is 0.0429. The maximum absolute atomic E-state index is 12.5. The van der Waals surface area contributed by atoms with Crippen LogP contribution < -0.4 is 15.2 Å². The Morgan fingerprint density at radius 2 is 1.33 bits per heavy atom. The normalized spacial score (nSPS) is 14.7. The lowest BCUT2D eigenvalue weighted by Crippen LogP contribution is -2.42. The number of methoxy groups -OCH3 is 1. The molecule has 12 nitrogen and oxygen atoms in total. The van der Waals surface area contributed by atoms with Crippen molar-refractivity contribution in [1.82, 2.24) is 0 Å². The van der Waals surface area contributed by atoms with Crippen LogP contribution in [0.25, 0.3) is 0 Å². The topological polar surface area (TPSA) is 170 Å². The molecule has 1 aromatic rings. The molecular formula is C27H41NO11. The first-order valence-electron chi connectivity index (χ1n) is 12.4. The summed E-state index contributed by atoms with van der Waals surface area (Å²) in [4.78, 5) is 48.3. The molecule has 0 saturated heterocycles. The van der Waals surface area contributed by atoms with E-state index in [0.29, 0.717) is 5.56 Å².